The number of nitrogens with two attached hydrogens (primary N) is 1. The third-order valence-corrected chi connectivity index (χ3v) is 5.76. The van der Waals surface area contributed by atoms with Crippen molar-refractivity contribution in [2.45, 2.75) is 44.9 Å². The van der Waals surface area contributed by atoms with E-state index in [0.29, 0.717) is 25.1 Å². The third kappa shape index (κ3) is 15.4. The van der Waals surface area contributed by atoms with Crippen LogP contribution in [0.25, 0.3) is 0 Å². The summed E-state index contributed by atoms with van der Waals surface area (Å²) < 4.78 is 37.2. The molecule has 0 radical (unpaired) electrons. The van der Waals surface area contributed by atoms with Gasteiger partial charge in [-0.1, -0.05) is 44.2 Å². The number of halogens is 3. The standard InChI is InChI=1S/C22H36N4O4S.C2HF3O2/c1-4-26(5-2)12-13-30-22(29)18(11-14-31-3)25-21(28)19(24-20(27)16-23)15-17-9-7-6-8-10-17;3-2(4,5)1(6)7/h6-10,18-19H,4-5,11-16,23H2,1-3H3,(H,24,27)(H,25,28);(H,6,7)/t18-,19-;/m0./s1. The Morgan fingerprint density at radius 1 is 1.08 bits per heavy atom. The number of rotatable bonds is 15. The Bertz CT molecular complexity index is 857. The number of thioether (sulfide) groups is 1. The van der Waals surface area contributed by atoms with Crippen LogP contribution in [-0.2, 0) is 30.3 Å². The SMILES string of the molecule is CCN(CC)CCOC(=O)[C@H](CCSC)NC(=O)[C@H](Cc1ccccc1)NC(=O)CN.O=C(O)C(F)(F)F. The maximum atomic E-state index is 13.0. The largest absolute Gasteiger partial charge is 0.490 e. The van der Waals surface area contributed by atoms with Crippen molar-refractivity contribution in [3.63, 3.8) is 0 Å². The molecular formula is C24H37F3N4O6S. The molecule has 0 aliphatic heterocycles. The van der Waals surface area contributed by atoms with Gasteiger partial charge >= 0.3 is 18.1 Å². The molecule has 216 valence electrons. The van der Waals surface area contributed by atoms with Gasteiger partial charge in [-0.15, -0.1) is 0 Å². The molecule has 1 aromatic carbocycles. The molecule has 2 atom stereocenters. The van der Waals surface area contributed by atoms with E-state index in [1.807, 2.05) is 36.6 Å². The number of nitrogens with zero attached hydrogens (tertiary/aromatic N) is 1. The molecule has 5 N–H and O–H groups in total. The summed E-state index contributed by atoms with van der Waals surface area (Å²) in [6, 6.07) is 7.75. The summed E-state index contributed by atoms with van der Waals surface area (Å²) in [5.41, 5.74) is 6.30. The number of alkyl halides is 3. The lowest BCUT2D eigenvalue weighted by Gasteiger charge is -2.23. The quantitative estimate of drug-likeness (QED) is 0.231. The van der Waals surface area contributed by atoms with Crippen molar-refractivity contribution in [3.8, 4) is 0 Å². The van der Waals surface area contributed by atoms with Gasteiger partial charge in [0.1, 0.15) is 18.7 Å². The minimum atomic E-state index is -5.08. The number of carbonyl (C=O) groups excluding carboxylic acids is 3. The van der Waals surface area contributed by atoms with E-state index in [0.717, 1.165) is 18.7 Å². The maximum absolute atomic E-state index is 13.0. The number of carbonyl (C=O) groups is 4. The van der Waals surface area contributed by atoms with Gasteiger partial charge in [0.15, 0.2) is 0 Å². The van der Waals surface area contributed by atoms with Gasteiger partial charge < -0.3 is 31.1 Å². The van der Waals surface area contributed by atoms with Crippen LogP contribution < -0.4 is 16.4 Å². The van der Waals surface area contributed by atoms with Crippen molar-refractivity contribution in [3.05, 3.63) is 35.9 Å². The van der Waals surface area contributed by atoms with E-state index in [2.05, 4.69) is 29.4 Å². The number of ether oxygens (including phenoxy) is 1. The van der Waals surface area contributed by atoms with E-state index in [4.69, 9.17) is 20.4 Å². The molecule has 0 spiro atoms. The predicted molar refractivity (Wildman–Crippen MR) is 138 cm³/mol. The number of carboxylic acid groups (broad SMARTS) is 1. The van der Waals surface area contributed by atoms with Gasteiger partial charge in [-0.2, -0.15) is 24.9 Å². The van der Waals surface area contributed by atoms with E-state index in [1.54, 1.807) is 11.8 Å². The Hall–Kier alpha value is -2.84. The number of likely N-dealkylation sites (N-methyl/N-ethyl adjacent to an activating group) is 1. The molecular weight excluding hydrogens is 529 g/mol. The minimum absolute atomic E-state index is 0.220. The molecule has 1 rings (SSSR count). The highest BCUT2D eigenvalue weighted by molar-refractivity contribution is 7.98. The van der Waals surface area contributed by atoms with Crippen LogP contribution in [0.1, 0.15) is 25.8 Å². The Balaban J connectivity index is 0.00000171. The average Bonchev–Trinajstić information content (AvgIpc) is 2.88. The molecule has 0 aliphatic rings. The fourth-order valence-electron chi connectivity index (χ4n) is 2.99. The summed E-state index contributed by atoms with van der Waals surface area (Å²) >= 11 is 1.58. The molecule has 0 fully saturated rings. The van der Waals surface area contributed by atoms with Crippen LogP contribution in [0.5, 0.6) is 0 Å². The number of esters is 1. The first-order valence-corrected chi connectivity index (χ1v) is 13.3. The molecule has 0 aromatic heterocycles. The molecule has 2 amide bonds. The smallest absolute Gasteiger partial charge is 0.475 e. The minimum Gasteiger partial charge on any atom is -0.475 e. The first kappa shape index (κ1) is 35.2. The second-order valence-corrected chi connectivity index (χ2v) is 8.84. The number of amides is 2. The van der Waals surface area contributed by atoms with Crippen LogP contribution in [0.2, 0.25) is 0 Å². The average molecular weight is 567 g/mol. The van der Waals surface area contributed by atoms with Crippen LogP contribution in [0.15, 0.2) is 30.3 Å². The lowest BCUT2D eigenvalue weighted by molar-refractivity contribution is -0.192. The Morgan fingerprint density at radius 3 is 2.13 bits per heavy atom. The molecule has 14 heteroatoms. The highest BCUT2D eigenvalue weighted by atomic mass is 32.2. The van der Waals surface area contributed by atoms with Crippen molar-refractivity contribution in [1.82, 2.24) is 15.5 Å². The van der Waals surface area contributed by atoms with E-state index in [9.17, 15) is 27.6 Å². The number of aliphatic carboxylic acids is 1. The van der Waals surface area contributed by atoms with Crippen LogP contribution in [0, 0.1) is 0 Å². The molecule has 0 aliphatic carbocycles. The molecule has 0 saturated heterocycles. The second-order valence-electron chi connectivity index (χ2n) is 7.85. The van der Waals surface area contributed by atoms with Gasteiger partial charge in [0.2, 0.25) is 11.8 Å². The van der Waals surface area contributed by atoms with Crippen LogP contribution >= 0.6 is 11.8 Å². The predicted octanol–water partition coefficient (Wildman–Crippen LogP) is 1.43. The summed E-state index contributed by atoms with van der Waals surface area (Å²) in [6.45, 7) is 6.55. The lowest BCUT2D eigenvalue weighted by Crippen LogP contribution is -2.53. The molecule has 1 aromatic rings. The zero-order valence-corrected chi connectivity index (χ0v) is 22.6. The van der Waals surface area contributed by atoms with E-state index in [1.165, 1.54) is 0 Å². The number of hydrogen-bond acceptors (Lipinski definition) is 8. The number of nitrogens with one attached hydrogen (secondary N) is 2. The molecule has 10 nitrogen and oxygen atoms in total. The van der Waals surface area contributed by atoms with Crippen molar-refractivity contribution in [2.24, 2.45) is 5.73 Å². The summed E-state index contributed by atoms with van der Waals surface area (Å²) in [4.78, 5) is 48.5. The van der Waals surface area contributed by atoms with Crippen molar-refractivity contribution in [2.75, 3.05) is 44.8 Å². The van der Waals surface area contributed by atoms with Crippen molar-refractivity contribution < 1.29 is 42.2 Å². The summed E-state index contributed by atoms with van der Waals surface area (Å²) in [6.07, 6.45) is -2.41. The Morgan fingerprint density at radius 2 is 1.66 bits per heavy atom. The van der Waals surface area contributed by atoms with Gasteiger partial charge in [0.05, 0.1) is 6.54 Å². The van der Waals surface area contributed by atoms with Gasteiger partial charge in [-0.05, 0) is 37.1 Å². The zero-order valence-electron chi connectivity index (χ0n) is 21.8. The number of hydrogen-bond donors (Lipinski definition) is 4. The highest BCUT2D eigenvalue weighted by Gasteiger charge is 2.38. The van der Waals surface area contributed by atoms with E-state index in [-0.39, 0.29) is 13.2 Å². The molecule has 38 heavy (non-hydrogen) atoms. The van der Waals surface area contributed by atoms with E-state index >= 15 is 0 Å². The second kappa shape index (κ2) is 19.3. The molecule has 0 heterocycles. The zero-order chi connectivity index (χ0) is 29.1. The van der Waals surface area contributed by atoms with Gasteiger partial charge in [0, 0.05) is 13.0 Å². The van der Waals surface area contributed by atoms with Gasteiger partial charge in [-0.3, -0.25) is 9.59 Å². The Labute approximate surface area is 224 Å². The highest BCUT2D eigenvalue weighted by Crippen LogP contribution is 2.13. The van der Waals surface area contributed by atoms with Crippen molar-refractivity contribution >= 4 is 35.5 Å². The molecule has 0 saturated carbocycles. The van der Waals surface area contributed by atoms with Crippen molar-refractivity contribution in [1.29, 1.82) is 0 Å². The molecule has 0 bridgehead atoms. The van der Waals surface area contributed by atoms with Gasteiger partial charge in [-0.25, -0.2) is 9.59 Å². The maximum Gasteiger partial charge on any atom is 0.490 e. The third-order valence-electron chi connectivity index (χ3n) is 5.12. The Kier molecular flexibility index (Phi) is 17.8. The monoisotopic (exact) mass is 566 g/mol. The fraction of sp³-hybridized carbons (Fsp3) is 0.583. The first-order chi connectivity index (χ1) is 17.9. The lowest BCUT2D eigenvalue weighted by atomic mass is 10.0. The fourth-order valence-corrected chi connectivity index (χ4v) is 3.46. The van der Waals surface area contributed by atoms with E-state index < -0.39 is 42.0 Å². The first-order valence-electron chi connectivity index (χ1n) is 11.9. The summed E-state index contributed by atoms with van der Waals surface area (Å²) in [5, 5.41) is 12.5. The van der Waals surface area contributed by atoms with Gasteiger partial charge in [0.25, 0.3) is 0 Å². The normalized spacial score (nSPS) is 12.5. The summed E-state index contributed by atoms with van der Waals surface area (Å²) in [7, 11) is 0. The summed E-state index contributed by atoms with van der Waals surface area (Å²) in [5.74, 6) is -3.39. The number of benzene rings is 1. The topological polar surface area (TPSA) is 151 Å². The van der Waals surface area contributed by atoms with Crippen LogP contribution in [0.3, 0.4) is 0 Å². The molecule has 0 unspecified atom stereocenters. The number of carboxylic acids is 1. The van der Waals surface area contributed by atoms with Crippen LogP contribution in [-0.4, -0.2) is 96.8 Å². The van der Waals surface area contributed by atoms with Crippen LogP contribution in [0.4, 0.5) is 13.2 Å².